The van der Waals surface area contributed by atoms with Crippen molar-refractivity contribution >= 4 is 17.7 Å². The van der Waals surface area contributed by atoms with Gasteiger partial charge in [0.05, 0.1) is 25.5 Å². The molecule has 0 unspecified atom stereocenters. The van der Waals surface area contributed by atoms with Crippen LogP contribution >= 0.6 is 0 Å². The number of rotatable bonds is 8. The van der Waals surface area contributed by atoms with Crippen LogP contribution in [0.1, 0.15) is 32.1 Å². The Labute approximate surface area is 159 Å². The standard InChI is InChI=1S/C20H26N2O5/c1-26-16-8-4-5-9-17(16)27-13-11-21-18(23)10-12-22-19(24)14-6-2-3-7-15(14)20(22)25/h4-5,8-9,14-15H,2-3,6-7,10-13H2,1H3,(H,21,23)/t14-,15-/m1/s1. The summed E-state index contributed by atoms with van der Waals surface area (Å²) in [4.78, 5) is 38.1. The third-order valence-electron chi connectivity index (χ3n) is 5.25. The number of benzene rings is 1. The van der Waals surface area contributed by atoms with E-state index >= 15 is 0 Å². The summed E-state index contributed by atoms with van der Waals surface area (Å²) in [6, 6.07) is 7.29. The van der Waals surface area contributed by atoms with Crippen molar-refractivity contribution in [1.29, 1.82) is 0 Å². The molecule has 1 aromatic rings. The highest BCUT2D eigenvalue weighted by Crippen LogP contribution is 2.37. The number of likely N-dealkylation sites (tertiary alicyclic amines) is 1. The Balaban J connectivity index is 1.38. The van der Waals surface area contributed by atoms with E-state index in [9.17, 15) is 14.4 Å². The van der Waals surface area contributed by atoms with Gasteiger partial charge in [0, 0.05) is 13.0 Å². The van der Waals surface area contributed by atoms with E-state index in [1.54, 1.807) is 19.2 Å². The minimum atomic E-state index is -0.200. The molecular weight excluding hydrogens is 348 g/mol. The fraction of sp³-hybridized carbons (Fsp3) is 0.550. The molecule has 146 valence electrons. The van der Waals surface area contributed by atoms with E-state index in [0.717, 1.165) is 25.7 Å². The molecule has 1 saturated heterocycles. The minimum Gasteiger partial charge on any atom is -0.493 e. The normalized spacial score (nSPS) is 21.7. The molecule has 2 aliphatic rings. The largest absolute Gasteiger partial charge is 0.493 e. The molecule has 3 rings (SSSR count). The zero-order valence-electron chi connectivity index (χ0n) is 15.6. The second kappa shape index (κ2) is 8.88. The topological polar surface area (TPSA) is 84.9 Å². The lowest BCUT2D eigenvalue weighted by atomic mass is 9.81. The summed E-state index contributed by atoms with van der Waals surface area (Å²) in [6.07, 6.45) is 3.70. The Hall–Kier alpha value is -2.57. The van der Waals surface area contributed by atoms with Gasteiger partial charge in [-0.05, 0) is 25.0 Å². The molecule has 2 fully saturated rings. The van der Waals surface area contributed by atoms with Crippen molar-refractivity contribution in [2.75, 3.05) is 26.8 Å². The SMILES string of the molecule is COc1ccccc1OCCNC(=O)CCN1C(=O)[C@@H]2CCCC[C@H]2C1=O. The molecule has 0 bridgehead atoms. The van der Waals surface area contributed by atoms with Gasteiger partial charge in [-0.2, -0.15) is 0 Å². The molecule has 1 aliphatic carbocycles. The quantitative estimate of drug-likeness (QED) is 0.554. The van der Waals surface area contributed by atoms with Gasteiger partial charge >= 0.3 is 0 Å². The van der Waals surface area contributed by atoms with Crippen LogP contribution in [-0.4, -0.2) is 49.4 Å². The average Bonchev–Trinajstić information content (AvgIpc) is 2.94. The van der Waals surface area contributed by atoms with Gasteiger partial charge in [-0.25, -0.2) is 0 Å². The van der Waals surface area contributed by atoms with Gasteiger partial charge in [0.2, 0.25) is 17.7 Å². The second-order valence-electron chi connectivity index (χ2n) is 6.92. The zero-order valence-corrected chi connectivity index (χ0v) is 15.6. The minimum absolute atomic E-state index is 0.1000. The number of imide groups is 1. The molecule has 1 N–H and O–H groups in total. The summed E-state index contributed by atoms with van der Waals surface area (Å²) in [7, 11) is 1.57. The van der Waals surface area contributed by atoms with E-state index in [1.165, 1.54) is 4.90 Å². The van der Waals surface area contributed by atoms with Crippen molar-refractivity contribution < 1.29 is 23.9 Å². The summed E-state index contributed by atoms with van der Waals surface area (Å²) >= 11 is 0. The Kier molecular flexibility index (Phi) is 6.32. The Morgan fingerprint density at radius 3 is 2.37 bits per heavy atom. The summed E-state index contributed by atoms with van der Waals surface area (Å²) in [6.45, 7) is 0.797. The third kappa shape index (κ3) is 4.40. The number of carbonyl (C=O) groups is 3. The predicted molar refractivity (Wildman–Crippen MR) is 98.3 cm³/mol. The van der Waals surface area contributed by atoms with E-state index in [1.807, 2.05) is 12.1 Å². The molecule has 0 spiro atoms. The Bertz CT molecular complexity index is 681. The summed E-state index contributed by atoms with van der Waals surface area (Å²) in [5.41, 5.74) is 0. The number of nitrogens with zero attached hydrogens (tertiary/aromatic N) is 1. The first kappa shape index (κ1) is 19.2. The van der Waals surface area contributed by atoms with Crippen molar-refractivity contribution in [2.45, 2.75) is 32.1 Å². The van der Waals surface area contributed by atoms with E-state index in [0.29, 0.717) is 24.7 Å². The third-order valence-corrected chi connectivity index (χ3v) is 5.25. The first-order valence-corrected chi connectivity index (χ1v) is 9.49. The number of fused-ring (bicyclic) bond motifs is 1. The van der Waals surface area contributed by atoms with Crippen LogP contribution in [0.5, 0.6) is 11.5 Å². The van der Waals surface area contributed by atoms with Crippen LogP contribution < -0.4 is 14.8 Å². The van der Waals surface area contributed by atoms with Crippen LogP contribution in [0.15, 0.2) is 24.3 Å². The lowest BCUT2D eigenvalue weighted by Crippen LogP contribution is -2.36. The van der Waals surface area contributed by atoms with Gasteiger partial charge in [0.25, 0.3) is 0 Å². The van der Waals surface area contributed by atoms with Crippen LogP contribution in [0.3, 0.4) is 0 Å². The van der Waals surface area contributed by atoms with Crippen molar-refractivity contribution in [3.8, 4) is 11.5 Å². The van der Waals surface area contributed by atoms with Crippen molar-refractivity contribution in [2.24, 2.45) is 11.8 Å². The van der Waals surface area contributed by atoms with Gasteiger partial charge in [-0.15, -0.1) is 0 Å². The van der Waals surface area contributed by atoms with Crippen LogP contribution in [0, 0.1) is 11.8 Å². The van der Waals surface area contributed by atoms with Crippen LogP contribution in [-0.2, 0) is 14.4 Å². The van der Waals surface area contributed by atoms with Gasteiger partial charge in [-0.3, -0.25) is 19.3 Å². The predicted octanol–water partition coefficient (Wildman–Crippen LogP) is 1.76. The number of methoxy groups -OCH3 is 1. The second-order valence-corrected chi connectivity index (χ2v) is 6.92. The molecule has 3 amide bonds. The summed E-state index contributed by atoms with van der Waals surface area (Å²) < 4.78 is 10.8. The molecule has 1 aromatic carbocycles. The highest BCUT2D eigenvalue weighted by molar-refractivity contribution is 6.05. The molecule has 0 aromatic heterocycles. The Morgan fingerprint density at radius 2 is 1.74 bits per heavy atom. The Morgan fingerprint density at radius 1 is 1.11 bits per heavy atom. The van der Waals surface area contributed by atoms with Crippen molar-refractivity contribution in [1.82, 2.24) is 10.2 Å². The zero-order chi connectivity index (χ0) is 19.2. The number of amides is 3. The van der Waals surface area contributed by atoms with E-state index in [2.05, 4.69) is 5.32 Å². The lowest BCUT2D eigenvalue weighted by molar-refractivity contribution is -0.140. The average molecular weight is 374 g/mol. The van der Waals surface area contributed by atoms with Crippen LogP contribution in [0.25, 0.3) is 0 Å². The molecule has 2 atom stereocenters. The lowest BCUT2D eigenvalue weighted by Gasteiger charge is -2.19. The highest BCUT2D eigenvalue weighted by Gasteiger charge is 2.47. The number of carbonyl (C=O) groups excluding carboxylic acids is 3. The fourth-order valence-electron chi connectivity index (χ4n) is 3.84. The molecule has 7 heteroatoms. The molecule has 0 radical (unpaired) electrons. The molecule has 7 nitrogen and oxygen atoms in total. The number of para-hydroxylation sites is 2. The fourth-order valence-corrected chi connectivity index (χ4v) is 3.84. The monoisotopic (exact) mass is 374 g/mol. The first-order valence-electron chi connectivity index (χ1n) is 9.49. The maximum absolute atomic E-state index is 12.4. The van der Waals surface area contributed by atoms with Gasteiger partial charge in [0.15, 0.2) is 11.5 Å². The molecule has 1 aliphatic heterocycles. The van der Waals surface area contributed by atoms with E-state index in [4.69, 9.17) is 9.47 Å². The smallest absolute Gasteiger partial charge is 0.233 e. The van der Waals surface area contributed by atoms with Crippen molar-refractivity contribution in [3.05, 3.63) is 24.3 Å². The highest BCUT2D eigenvalue weighted by atomic mass is 16.5. The van der Waals surface area contributed by atoms with Crippen LogP contribution in [0.2, 0.25) is 0 Å². The number of ether oxygens (including phenoxy) is 2. The van der Waals surface area contributed by atoms with Gasteiger partial charge in [-0.1, -0.05) is 25.0 Å². The molecule has 27 heavy (non-hydrogen) atoms. The molecule has 1 heterocycles. The molecular formula is C20H26N2O5. The van der Waals surface area contributed by atoms with Crippen molar-refractivity contribution in [3.63, 3.8) is 0 Å². The first-order chi connectivity index (χ1) is 13.1. The number of hydrogen-bond donors (Lipinski definition) is 1. The number of hydrogen-bond acceptors (Lipinski definition) is 5. The maximum Gasteiger partial charge on any atom is 0.233 e. The van der Waals surface area contributed by atoms with E-state index in [-0.39, 0.29) is 42.5 Å². The summed E-state index contributed by atoms with van der Waals surface area (Å²) in [5, 5.41) is 2.75. The van der Waals surface area contributed by atoms with E-state index < -0.39 is 0 Å². The maximum atomic E-state index is 12.4. The molecule has 1 saturated carbocycles. The summed E-state index contributed by atoms with van der Waals surface area (Å²) in [5.74, 6) is 0.525. The number of nitrogens with one attached hydrogen (secondary N) is 1. The van der Waals surface area contributed by atoms with Gasteiger partial charge in [0.1, 0.15) is 6.61 Å². The van der Waals surface area contributed by atoms with Gasteiger partial charge < -0.3 is 14.8 Å². The van der Waals surface area contributed by atoms with Crippen LogP contribution in [0.4, 0.5) is 0 Å².